The summed E-state index contributed by atoms with van der Waals surface area (Å²) >= 11 is 0. The maximum absolute atomic E-state index is 12.0. The summed E-state index contributed by atoms with van der Waals surface area (Å²) in [6, 6.07) is 4.02. The van der Waals surface area contributed by atoms with Crippen LogP contribution in [0.25, 0.3) is 0 Å². The highest BCUT2D eigenvalue weighted by molar-refractivity contribution is 5.37. The smallest absolute Gasteiger partial charge is 0.240 e. The van der Waals surface area contributed by atoms with Crippen LogP contribution in [-0.2, 0) is 0 Å². The second-order valence-electron chi connectivity index (χ2n) is 3.30. The Hall–Kier alpha value is -1.16. The molecule has 2 nitrogen and oxygen atoms in total. The summed E-state index contributed by atoms with van der Waals surface area (Å²) < 4.78 is 24.0. The zero-order valence-electron chi connectivity index (χ0n) is 7.87. The molecule has 0 saturated carbocycles. The molecule has 0 fully saturated rings. The molecule has 3 N–H and O–H groups in total. The van der Waals surface area contributed by atoms with Crippen molar-refractivity contribution in [2.75, 3.05) is 0 Å². The molecule has 1 aromatic carbocycles. The van der Waals surface area contributed by atoms with E-state index in [0.717, 1.165) is 5.56 Å². The van der Waals surface area contributed by atoms with Gasteiger partial charge in [-0.2, -0.15) is 0 Å². The molecule has 1 atom stereocenters. The van der Waals surface area contributed by atoms with Crippen molar-refractivity contribution in [3.05, 3.63) is 29.3 Å². The fraction of sp³-hybridized carbons (Fsp3) is 0.400. The van der Waals surface area contributed by atoms with Gasteiger partial charge in [0.25, 0.3) is 0 Å². The molecule has 0 spiro atoms. The van der Waals surface area contributed by atoms with Gasteiger partial charge < -0.3 is 10.8 Å². The number of hydrogen-bond acceptors (Lipinski definition) is 2. The van der Waals surface area contributed by atoms with E-state index in [-0.39, 0.29) is 5.75 Å². The molecule has 1 rings (SSSR count). The van der Waals surface area contributed by atoms with Gasteiger partial charge >= 0.3 is 0 Å². The molecule has 0 aromatic heterocycles. The standard InChI is InChI=1S/C10H13F2NO/c1-6-2-3-7(9(14)4-6)8(13)5-10(11)12/h2-4,8,10,14H,5,13H2,1H3/t8-/m0/s1. The topological polar surface area (TPSA) is 46.2 Å². The van der Waals surface area contributed by atoms with Gasteiger partial charge in [0.2, 0.25) is 6.43 Å². The number of nitrogens with two attached hydrogens (primary N) is 1. The lowest BCUT2D eigenvalue weighted by Crippen LogP contribution is -2.14. The third-order valence-electron chi connectivity index (χ3n) is 2.02. The molecule has 78 valence electrons. The van der Waals surface area contributed by atoms with Crippen LogP contribution in [0.3, 0.4) is 0 Å². The monoisotopic (exact) mass is 201 g/mol. The van der Waals surface area contributed by atoms with E-state index in [9.17, 15) is 13.9 Å². The molecule has 4 heteroatoms. The van der Waals surface area contributed by atoms with Crippen LogP contribution in [0.5, 0.6) is 5.75 Å². The Bertz CT molecular complexity index is 315. The molecule has 0 radical (unpaired) electrons. The number of hydrogen-bond donors (Lipinski definition) is 2. The molecule has 14 heavy (non-hydrogen) atoms. The summed E-state index contributed by atoms with van der Waals surface area (Å²) in [5.41, 5.74) is 6.75. The first-order chi connectivity index (χ1) is 6.50. The average molecular weight is 201 g/mol. The Morgan fingerprint density at radius 1 is 1.43 bits per heavy atom. The number of phenols is 1. The van der Waals surface area contributed by atoms with Gasteiger partial charge in [-0.1, -0.05) is 12.1 Å². The summed E-state index contributed by atoms with van der Waals surface area (Å²) in [4.78, 5) is 0. The summed E-state index contributed by atoms with van der Waals surface area (Å²) in [7, 11) is 0. The van der Waals surface area contributed by atoms with Gasteiger partial charge in [0.05, 0.1) is 0 Å². The van der Waals surface area contributed by atoms with Crippen molar-refractivity contribution in [1.29, 1.82) is 0 Å². The van der Waals surface area contributed by atoms with Gasteiger partial charge in [-0.25, -0.2) is 8.78 Å². The van der Waals surface area contributed by atoms with E-state index in [2.05, 4.69) is 0 Å². The Kier molecular flexibility index (Phi) is 3.41. The minimum absolute atomic E-state index is 0.0156. The van der Waals surface area contributed by atoms with Crippen LogP contribution < -0.4 is 5.73 Å². The Labute approximate surface area is 81.4 Å². The first-order valence-corrected chi connectivity index (χ1v) is 4.34. The van der Waals surface area contributed by atoms with Crippen LogP contribution in [0.15, 0.2) is 18.2 Å². The molecular formula is C10H13F2NO. The largest absolute Gasteiger partial charge is 0.508 e. The zero-order chi connectivity index (χ0) is 10.7. The van der Waals surface area contributed by atoms with E-state index in [1.807, 2.05) is 6.92 Å². The number of benzene rings is 1. The zero-order valence-corrected chi connectivity index (χ0v) is 7.87. The number of halogens is 2. The van der Waals surface area contributed by atoms with E-state index in [4.69, 9.17) is 5.73 Å². The van der Waals surface area contributed by atoms with Crippen LogP contribution in [0.1, 0.15) is 23.6 Å². The third-order valence-corrected chi connectivity index (χ3v) is 2.02. The lowest BCUT2D eigenvalue weighted by molar-refractivity contribution is 0.128. The molecule has 0 aliphatic heterocycles. The second-order valence-corrected chi connectivity index (χ2v) is 3.30. The van der Waals surface area contributed by atoms with E-state index in [0.29, 0.717) is 5.56 Å². The van der Waals surface area contributed by atoms with Crippen molar-refractivity contribution in [3.8, 4) is 5.75 Å². The van der Waals surface area contributed by atoms with E-state index < -0.39 is 18.9 Å². The summed E-state index contributed by atoms with van der Waals surface area (Å²) in [5.74, 6) is -0.0156. The summed E-state index contributed by atoms with van der Waals surface area (Å²) in [6.07, 6.45) is -2.89. The highest BCUT2D eigenvalue weighted by atomic mass is 19.3. The van der Waals surface area contributed by atoms with Crippen LogP contribution in [-0.4, -0.2) is 11.5 Å². The predicted molar refractivity (Wildman–Crippen MR) is 50.4 cm³/mol. The fourth-order valence-corrected chi connectivity index (χ4v) is 1.29. The molecule has 0 aliphatic carbocycles. The van der Waals surface area contributed by atoms with Gasteiger partial charge in [-0.05, 0) is 18.6 Å². The highest BCUT2D eigenvalue weighted by Gasteiger charge is 2.15. The van der Waals surface area contributed by atoms with Gasteiger partial charge in [-0.15, -0.1) is 0 Å². The van der Waals surface area contributed by atoms with Crippen molar-refractivity contribution in [3.63, 3.8) is 0 Å². The van der Waals surface area contributed by atoms with Crippen LogP contribution in [0.2, 0.25) is 0 Å². The van der Waals surface area contributed by atoms with Crippen molar-refractivity contribution < 1.29 is 13.9 Å². The summed E-state index contributed by atoms with van der Waals surface area (Å²) in [5, 5.41) is 9.45. The Balaban J connectivity index is 2.84. The first kappa shape index (κ1) is 10.9. The lowest BCUT2D eigenvalue weighted by atomic mass is 10.0. The molecule has 0 saturated heterocycles. The second kappa shape index (κ2) is 4.37. The van der Waals surface area contributed by atoms with E-state index >= 15 is 0 Å². The Morgan fingerprint density at radius 3 is 2.57 bits per heavy atom. The van der Waals surface area contributed by atoms with Gasteiger partial charge in [0.15, 0.2) is 0 Å². The maximum Gasteiger partial charge on any atom is 0.240 e. The third kappa shape index (κ3) is 2.67. The van der Waals surface area contributed by atoms with E-state index in [1.165, 1.54) is 6.07 Å². The lowest BCUT2D eigenvalue weighted by Gasteiger charge is -2.13. The number of alkyl halides is 2. The van der Waals surface area contributed by atoms with Gasteiger partial charge in [0, 0.05) is 18.0 Å². The van der Waals surface area contributed by atoms with Crippen molar-refractivity contribution in [2.24, 2.45) is 5.73 Å². The minimum atomic E-state index is -2.45. The predicted octanol–water partition coefficient (Wildman–Crippen LogP) is 2.36. The molecule has 0 amide bonds. The molecule has 0 heterocycles. The number of aryl methyl sites for hydroxylation is 1. The number of rotatable bonds is 3. The fourth-order valence-electron chi connectivity index (χ4n) is 1.29. The molecular weight excluding hydrogens is 188 g/mol. The Morgan fingerprint density at radius 2 is 2.07 bits per heavy atom. The normalized spacial score (nSPS) is 13.2. The SMILES string of the molecule is Cc1ccc([C@@H](N)CC(F)F)c(O)c1. The minimum Gasteiger partial charge on any atom is -0.508 e. The number of aromatic hydroxyl groups is 1. The van der Waals surface area contributed by atoms with Crippen LogP contribution >= 0.6 is 0 Å². The van der Waals surface area contributed by atoms with Gasteiger partial charge in [-0.3, -0.25) is 0 Å². The molecule has 0 bridgehead atoms. The van der Waals surface area contributed by atoms with Crippen LogP contribution in [0, 0.1) is 6.92 Å². The van der Waals surface area contributed by atoms with Crippen molar-refractivity contribution >= 4 is 0 Å². The molecule has 0 aliphatic rings. The van der Waals surface area contributed by atoms with Crippen molar-refractivity contribution in [2.45, 2.75) is 25.8 Å². The number of phenolic OH excluding ortho intramolecular Hbond substituents is 1. The van der Waals surface area contributed by atoms with Gasteiger partial charge in [0.1, 0.15) is 5.75 Å². The highest BCUT2D eigenvalue weighted by Crippen LogP contribution is 2.27. The molecule has 0 unspecified atom stereocenters. The molecule has 1 aromatic rings. The summed E-state index contributed by atoms with van der Waals surface area (Å²) in [6.45, 7) is 1.81. The average Bonchev–Trinajstić information content (AvgIpc) is 2.01. The maximum atomic E-state index is 12.0. The quantitative estimate of drug-likeness (QED) is 0.788. The van der Waals surface area contributed by atoms with E-state index in [1.54, 1.807) is 12.1 Å². The first-order valence-electron chi connectivity index (χ1n) is 4.34. The van der Waals surface area contributed by atoms with Crippen LogP contribution in [0.4, 0.5) is 8.78 Å². The van der Waals surface area contributed by atoms with Crippen molar-refractivity contribution in [1.82, 2.24) is 0 Å².